The lowest BCUT2D eigenvalue weighted by Crippen LogP contribution is -2.25. The Labute approximate surface area is 109 Å². The molecule has 1 N–H and O–H groups in total. The maximum absolute atomic E-state index is 3.73. The molecule has 0 aromatic heterocycles. The molecule has 0 spiro atoms. The van der Waals surface area contributed by atoms with Crippen molar-refractivity contribution in [1.82, 2.24) is 0 Å². The molecule has 1 aromatic carbocycles. The second kappa shape index (κ2) is 6.34. The first-order chi connectivity index (χ1) is 8.29. The normalized spacial score (nSPS) is 24.6. The highest BCUT2D eigenvalue weighted by Crippen LogP contribution is 2.31. The summed E-state index contributed by atoms with van der Waals surface area (Å²) >= 11 is 1.93. The van der Waals surface area contributed by atoms with Gasteiger partial charge in [-0.05, 0) is 49.5 Å². The molecule has 2 heteroatoms. The zero-order valence-electron chi connectivity index (χ0n) is 10.9. The number of thioether (sulfide) groups is 1. The van der Waals surface area contributed by atoms with Gasteiger partial charge in [0.2, 0.25) is 0 Å². The summed E-state index contributed by atoms with van der Waals surface area (Å²) in [6.45, 7) is 4.58. The van der Waals surface area contributed by atoms with Gasteiger partial charge in [-0.2, -0.15) is 0 Å². The quantitative estimate of drug-likeness (QED) is 0.770. The minimum Gasteiger partial charge on any atom is -0.381 e. The van der Waals surface area contributed by atoms with Gasteiger partial charge in [-0.15, -0.1) is 11.8 Å². The molecule has 94 valence electrons. The smallest absolute Gasteiger partial charge is 0.0480 e. The van der Waals surface area contributed by atoms with E-state index in [1.54, 1.807) is 0 Å². The summed E-state index contributed by atoms with van der Waals surface area (Å²) in [6, 6.07) is 9.39. The number of nitrogens with one attached hydrogen (secondary N) is 1. The van der Waals surface area contributed by atoms with Crippen LogP contribution < -0.4 is 5.32 Å². The molecule has 1 aromatic rings. The van der Waals surface area contributed by atoms with E-state index in [-0.39, 0.29) is 0 Å². The summed E-state index contributed by atoms with van der Waals surface area (Å²) in [5.41, 5.74) is 1.33. The Balaban J connectivity index is 1.98. The van der Waals surface area contributed by atoms with Crippen molar-refractivity contribution in [2.75, 3.05) is 11.1 Å². The highest BCUT2D eigenvalue weighted by Gasteiger charge is 2.18. The third-order valence-electron chi connectivity index (χ3n) is 3.56. The van der Waals surface area contributed by atoms with Gasteiger partial charge in [-0.3, -0.25) is 0 Å². The summed E-state index contributed by atoms with van der Waals surface area (Å²) in [7, 11) is 0. The molecular weight excluding hydrogens is 226 g/mol. The lowest BCUT2D eigenvalue weighted by Gasteiger charge is -2.28. The van der Waals surface area contributed by atoms with Crippen LogP contribution in [-0.2, 0) is 0 Å². The van der Waals surface area contributed by atoms with Crippen molar-refractivity contribution < 1.29 is 0 Å². The Kier molecular flexibility index (Phi) is 4.78. The van der Waals surface area contributed by atoms with Gasteiger partial charge in [0, 0.05) is 16.6 Å². The summed E-state index contributed by atoms with van der Waals surface area (Å²) in [5, 5.41) is 3.73. The van der Waals surface area contributed by atoms with E-state index in [9.17, 15) is 0 Å². The Morgan fingerprint density at radius 3 is 2.59 bits per heavy atom. The van der Waals surface area contributed by atoms with Gasteiger partial charge in [-0.1, -0.05) is 26.0 Å². The third kappa shape index (κ3) is 3.67. The van der Waals surface area contributed by atoms with Gasteiger partial charge >= 0.3 is 0 Å². The zero-order valence-corrected chi connectivity index (χ0v) is 11.7. The van der Waals surface area contributed by atoms with E-state index in [2.05, 4.69) is 43.4 Å². The molecule has 1 nitrogen and oxygen atoms in total. The first-order valence-corrected chi connectivity index (χ1v) is 7.76. The minimum atomic E-state index is 0.685. The van der Waals surface area contributed by atoms with E-state index in [1.807, 2.05) is 11.8 Å². The van der Waals surface area contributed by atoms with Crippen LogP contribution >= 0.6 is 11.8 Å². The average molecular weight is 249 g/mol. The molecule has 0 unspecified atom stereocenters. The minimum absolute atomic E-state index is 0.685. The predicted octanol–water partition coefficient (Wildman–Crippen LogP) is 4.79. The molecule has 1 aliphatic carbocycles. The van der Waals surface area contributed by atoms with Gasteiger partial charge in [0.05, 0.1) is 0 Å². The van der Waals surface area contributed by atoms with Crippen molar-refractivity contribution in [3.05, 3.63) is 24.3 Å². The monoisotopic (exact) mass is 249 g/mol. The Hall–Kier alpha value is -0.630. The van der Waals surface area contributed by atoms with Crippen LogP contribution in [0.1, 0.15) is 39.5 Å². The molecule has 2 rings (SSSR count). The molecule has 0 heterocycles. The number of benzene rings is 1. The first-order valence-electron chi connectivity index (χ1n) is 6.78. The van der Waals surface area contributed by atoms with Crippen molar-refractivity contribution in [2.24, 2.45) is 5.92 Å². The number of hydrogen-bond acceptors (Lipinski definition) is 2. The van der Waals surface area contributed by atoms with E-state index in [4.69, 9.17) is 0 Å². The second-order valence-electron chi connectivity index (χ2n) is 5.03. The molecule has 1 saturated carbocycles. The van der Waals surface area contributed by atoms with Gasteiger partial charge in [-0.25, -0.2) is 0 Å². The molecule has 0 atom stereocenters. The largest absolute Gasteiger partial charge is 0.381 e. The van der Waals surface area contributed by atoms with Gasteiger partial charge in [0.15, 0.2) is 0 Å². The van der Waals surface area contributed by atoms with Crippen LogP contribution in [0, 0.1) is 5.92 Å². The molecule has 0 aliphatic heterocycles. The van der Waals surface area contributed by atoms with Crippen molar-refractivity contribution in [1.29, 1.82) is 0 Å². The Morgan fingerprint density at radius 1 is 1.18 bits per heavy atom. The number of para-hydroxylation sites is 1. The van der Waals surface area contributed by atoms with Crippen molar-refractivity contribution >= 4 is 17.4 Å². The summed E-state index contributed by atoms with van der Waals surface area (Å²) in [5.74, 6) is 2.06. The van der Waals surface area contributed by atoms with Crippen LogP contribution in [0.4, 0.5) is 5.69 Å². The van der Waals surface area contributed by atoms with Gasteiger partial charge in [0.1, 0.15) is 0 Å². The molecule has 1 fully saturated rings. The summed E-state index contributed by atoms with van der Waals surface area (Å²) in [4.78, 5) is 1.40. The number of hydrogen-bond donors (Lipinski definition) is 1. The molecule has 17 heavy (non-hydrogen) atoms. The van der Waals surface area contributed by atoms with Gasteiger partial charge in [0.25, 0.3) is 0 Å². The molecule has 0 bridgehead atoms. The molecule has 1 aliphatic rings. The van der Waals surface area contributed by atoms with Crippen LogP contribution in [0.15, 0.2) is 29.2 Å². The average Bonchev–Trinajstić information content (AvgIpc) is 2.35. The molecular formula is C15H23NS. The first kappa shape index (κ1) is 12.8. The Morgan fingerprint density at radius 2 is 1.88 bits per heavy atom. The summed E-state index contributed by atoms with van der Waals surface area (Å²) < 4.78 is 0. The van der Waals surface area contributed by atoms with E-state index < -0.39 is 0 Å². The maximum atomic E-state index is 3.73. The van der Waals surface area contributed by atoms with Crippen molar-refractivity contribution in [3.63, 3.8) is 0 Å². The van der Waals surface area contributed by atoms with Crippen molar-refractivity contribution in [3.8, 4) is 0 Å². The predicted molar refractivity (Wildman–Crippen MR) is 77.9 cm³/mol. The molecule has 0 amide bonds. The number of anilines is 1. The molecule has 0 saturated heterocycles. The van der Waals surface area contributed by atoms with E-state index in [1.165, 1.54) is 36.3 Å². The maximum Gasteiger partial charge on any atom is 0.0480 e. The van der Waals surface area contributed by atoms with Crippen LogP contribution in [0.5, 0.6) is 0 Å². The highest BCUT2D eigenvalue weighted by atomic mass is 32.2. The van der Waals surface area contributed by atoms with Crippen LogP contribution in [-0.4, -0.2) is 11.8 Å². The fourth-order valence-electron chi connectivity index (χ4n) is 2.49. The van der Waals surface area contributed by atoms with E-state index in [0.29, 0.717) is 6.04 Å². The SMILES string of the molecule is CCSc1ccccc1NC1CCC(C)CC1. The van der Waals surface area contributed by atoms with Gasteiger partial charge < -0.3 is 5.32 Å². The summed E-state index contributed by atoms with van der Waals surface area (Å²) in [6.07, 6.45) is 5.40. The fourth-order valence-corrected chi connectivity index (χ4v) is 3.26. The lowest BCUT2D eigenvalue weighted by atomic mass is 9.87. The lowest BCUT2D eigenvalue weighted by molar-refractivity contribution is 0.361. The number of rotatable bonds is 4. The topological polar surface area (TPSA) is 12.0 Å². The second-order valence-corrected chi connectivity index (χ2v) is 6.34. The van der Waals surface area contributed by atoms with Crippen molar-refractivity contribution in [2.45, 2.75) is 50.5 Å². The Bertz CT molecular complexity index is 343. The van der Waals surface area contributed by atoms with Crippen LogP contribution in [0.25, 0.3) is 0 Å². The third-order valence-corrected chi connectivity index (χ3v) is 4.52. The molecule has 0 radical (unpaired) electrons. The van der Waals surface area contributed by atoms with Crippen LogP contribution in [0.2, 0.25) is 0 Å². The standard InChI is InChI=1S/C15H23NS/c1-3-17-15-7-5-4-6-14(15)16-13-10-8-12(2)9-11-13/h4-7,12-13,16H,3,8-11H2,1-2H3. The fraction of sp³-hybridized carbons (Fsp3) is 0.600. The highest BCUT2D eigenvalue weighted by molar-refractivity contribution is 7.99. The van der Waals surface area contributed by atoms with E-state index >= 15 is 0 Å². The van der Waals surface area contributed by atoms with E-state index in [0.717, 1.165) is 11.7 Å². The van der Waals surface area contributed by atoms with Crippen LogP contribution in [0.3, 0.4) is 0 Å². The zero-order chi connectivity index (χ0) is 12.1.